The predicted molar refractivity (Wildman–Crippen MR) is 133 cm³/mol. The Labute approximate surface area is 196 Å². The summed E-state index contributed by atoms with van der Waals surface area (Å²) in [6, 6.07) is 13.7. The number of amides is 1. The Balaban J connectivity index is 1.19. The number of pyridine rings is 1. The standard InChI is InChI=1S/C26H36N6O/c1-18(19-3-6-22(7-4-19)31-13-11-30(2)12-14-31)29-26(33)20-5-10-25(28-17-20)32-23-8-9-24(32)16-21(27)15-23/h3-7,10,17-18,21,23-24H,8-9,11-16,27H2,1-2H3,(H,29,33)/t18-,21-,23+,24-/m0/s1. The van der Waals surface area contributed by atoms with Gasteiger partial charge in [-0.25, -0.2) is 4.98 Å². The number of carbonyl (C=O) groups is 1. The number of aromatic nitrogens is 1. The van der Waals surface area contributed by atoms with E-state index in [0.29, 0.717) is 23.7 Å². The van der Waals surface area contributed by atoms with Crippen LogP contribution in [0.1, 0.15) is 54.6 Å². The van der Waals surface area contributed by atoms with E-state index in [9.17, 15) is 4.79 Å². The molecule has 33 heavy (non-hydrogen) atoms. The van der Waals surface area contributed by atoms with Gasteiger partial charge in [-0.15, -0.1) is 0 Å². The Morgan fingerprint density at radius 3 is 2.30 bits per heavy atom. The third-order valence-electron chi connectivity index (χ3n) is 7.65. The average molecular weight is 449 g/mol. The van der Waals surface area contributed by atoms with Crippen LogP contribution in [0.4, 0.5) is 11.5 Å². The van der Waals surface area contributed by atoms with Crippen LogP contribution in [-0.4, -0.2) is 67.1 Å². The van der Waals surface area contributed by atoms with Crippen molar-refractivity contribution in [3.8, 4) is 0 Å². The maximum atomic E-state index is 12.9. The minimum atomic E-state index is -0.0895. The summed E-state index contributed by atoms with van der Waals surface area (Å²) >= 11 is 0. The summed E-state index contributed by atoms with van der Waals surface area (Å²) in [7, 11) is 2.17. The number of fused-ring (bicyclic) bond motifs is 2. The first kappa shape index (κ1) is 22.2. The van der Waals surface area contributed by atoms with Crippen LogP contribution < -0.4 is 20.9 Å². The maximum Gasteiger partial charge on any atom is 0.253 e. The van der Waals surface area contributed by atoms with Crippen molar-refractivity contribution in [1.82, 2.24) is 15.2 Å². The maximum absolute atomic E-state index is 12.9. The molecule has 3 saturated heterocycles. The highest BCUT2D eigenvalue weighted by molar-refractivity contribution is 5.94. The zero-order valence-corrected chi connectivity index (χ0v) is 19.8. The van der Waals surface area contributed by atoms with Crippen molar-refractivity contribution in [1.29, 1.82) is 0 Å². The SMILES string of the molecule is C[C@H](NC(=O)c1ccc(N2[C@@H]3CC[C@H]2C[C@@H](N)C3)nc1)c1ccc(N2CCN(C)CC2)cc1. The summed E-state index contributed by atoms with van der Waals surface area (Å²) in [4.78, 5) is 24.7. The van der Waals surface area contributed by atoms with E-state index in [1.54, 1.807) is 6.20 Å². The Morgan fingerprint density at radius 1 is 1.03 bits per heavy atom. The van der Waals surface area contributed by atoms with Gasteiger partial charge in [-0.2, -0.15) is 0 Å². The van der Waals surface area contributed by atoms with E-state index in [1.807, 2.05) is 19.1 Å². The van der Waals surface area contributed by atoms with Crippen LogP contribution in [0.25, 0.3) is 0 Å². The topological polar surface area (TPSA) is 77.7 Å². The number of piperazine rings is 1. The van der Waals surface area contributed by atoms with Crippen LogP contribution in [0.5, 0.6) is 0 Å². The predicted octanol–water partition coefficient (Wildman–Crippen LogP) is 2.78. The molecule has 7 heteroatoms. The number of hydrogen-bond donors (Lipinski definition) is 2. The smallest absolute Gasteiger partial charge is 0.253 e. The average Bonchev–Trinajstić information content (AvgIpc) is 3.10. The van der Waals surface area contributed by atoms with Gasteiger partial charge in [0.1, 0.15) is 5.82 Å². The monoisotopic (exact) mass is 448 g/mol. The first-order valence-electron chi connectivity index (χ1n) is 12.3. The molecule has 3 aliphatic heterocycles. The fraction of sp³-hybridized carbons (Fsp3) is 0.538. The lowest BCUT2D eigenvalue weighted by atomic mass is 9.98. The molecule has 176 valence electrons. The van der Waals surface area contributed by atoms with Crippen molar-refractivity contribution in [2.24, 2.45) is 5.73 Å². The van der Waals surface area contributed by atoms with Crippen LogP contribution >= 0.6 is 0 Å². The molecule has 3 N–H and O–H groups in total. The highest BCUT2D eigenvalue weighted by Crippen LogP contribution is 2.37. The molecule has 0 aliphatic carbocycles. The van der Waals surface area contributed by atoms with E-state index in [4.69, 9.17) is 5.73 Å². The van der Waals surface area contributed by atoms with Crippen LogP contribution in [0.2, 0.25) is 0 Å². The molecule has 4 heterocycles. The molecule has 0 unspecified atom stereocenters. The second-order valence-electron chi connectivity index (χ2n) is 10.0. The number of rotatable bonds is 5. The number of nitrogens with two attached hydrogens (primary N) is 1. The highest BCUT2D eigenvalue weighted by atomic mass is 16.1. The van der Waals surface area contributed by atoms with Crippen molar-refractivity contribution in [2.75, 3.05) is 43.0 Å². The van der Waals surface area contributed by atoms with E-state index in [1.165, 1.54) is 18.5 Å². The second kappa shape index (κ2) is 9.31. The van der Waals surface area contributed by atoms with Crippen LogP contribution in [0.15, 0.2) is 42.6 Å². The Kier molecular flexibility index (Phi) is 6.25. The van der Waals surface area contributed by atoms with E-state index in [2.05, 4.69) is 56.3 Å². The van der Waals surface area contributed by atoms with Crippen LogP contribution in [0, 0.1) is 0 Å². The molecule has 2 aromatic rings. The van der Waals surface area contributed by atoms with Crippen molar-refractivity contribution in [3.63, 3.8) is 0 Å². The lowest BCUT2D eigenvalue weighted by Gasteiger charge is -2.38. The fourth-order valence-corrected chi connectivity index (χ4v) is 5.67. The molecule has 5 rings (SSSR count). The Bertz CT molecular complexity index is 940. The lowest BCUT2D eigenvalue weighted by molar-refractivity contribution is 0.0939. The quantitative estimate of drug-likeness (QED) is 0.733. The minimum absolute atomic E-state index is 0.0712. The van der Waals surface area contributed by atoms with Gasteiger partial charge in [0.2, 0.25) is 0 Å². The third kappa shape index (κ3) is 4.70. The molecule has 4 atom stereocenters. The van der Waals surface area contributed by atoms with E-state index < -0.39 is 0 Å². The summed E-state index contributed by atoms with van der Waals surface area (Å²) in [5.41, 5.74) is 9.15. The van der Waals surface area contributed by atoms with E-state index >= 15 is 0 Å². The van der Waals surface area contributed by atoms with Crippen molar-refractivity contribution in [2.45, 2.75) is 56.8 Å². The van der Waals surface area contributed by atoms with Gasteiger partial charge in [-0.1, -0.05) is 12.1 Å². The van der Waals surface area contributed by atoms with Gasteiger partial charge in [0.15, 0.2) is 0 Å². The van der Waals surface area contributed by atoms with Crippen molar-refractivity contribution >= 4 is 17.4 Å². The van der Waals surface area contributed by atoms with Gasteiger partial charge in [-0.05, 0) is 69.5 Å². The van der Waals surface area contributed by atoms with Gasteiger partial charge in [0.25, 0.3) is 5.91 Å². The molecule has 3 aliphatic rings. The van der Waals surface area contributed by atoms with Gasteiger partial charge in [-0.3, -0.25) is 4.79 Å². The van der Waals surface area contributed by atoms with Crippen molar-refractivity contribution < 1.29 is 4.79 Å². The van der Waals surface area contributed by atoms with E-state index in [0.717, 1.165) is 50.4 Å². The molecule has 7 nitrogen and oxygen atoms in total. The molecular weight excluding hydrogens is 412 g/mol. The first-order chi connectivity index (χ1) is 16.0. The van der Waals surface area contributed by atoms with Gasteiger partial charge in [0, 0.05) is 56.2 Å². The second-order valence-corrected chi connectivity index (χ2v) is 10.0. The summed E-state index contributed by atoms with van der Waals surface area (Å²) in [6.07, 6.45) is 6.15. The fourth-order valence-electron chi connectivity index (χ4n) is 5.67. The van der Waals surface area contributed by atoms with Gasteiger partial charge in [0.05, 0.1) is 11.6 Å². The van der Waals surface area contributed by atoms with Gasteiger partial charge >= 0.3 is 0 Å². The summed E-state index contributed by atoms with van der Waals surface area (Å²) in [6.45, 7) is 6.31. The molecule has 1 aromatic carbocycles. The molecule has 0 radical (unpaired) electrons. The largest absolute Gasteiger partial charge is 0.369 e. The highest BCUT2D eigenvalue weighted by Gasteiger charge is 2.40. The number of anilines is 2. The molecule has 1 amide bonds. The lowest BCUT2D eigenvalue weighted by Crippen LogP contribution is -2.47. The Hall–Kier alpha value is -2.64. The zero-order valence-electron chi connectivity index (χ0n) is 19.8. The third-order valence-corrected chi connectivity index (χ3v) is 7.65. The molecule has 1 aromatic heterocycles. The number of hydrogen-bond acceptors (Lipinski definition) is 6. The summed E-state index contributed by atoms with van der Waals surface area (Å²) in [5, 5.41) is 3.12. The number of nitrogens with one attached hydrogen (secondary N) is 1. The zero-order chi connectivity index (χ0) is 22.9. The van der Waals surface area contributed by atoms with E-state index in [-0.39, 0.29) is 11.9 Å². The number of carbonyl (C=O) groups excluding carboxylic acids is 1. The molecule has 2 bridgehead atoms. The summed E-state index contributed by atoms with van der Waals surface area (Å²) in [5.74, 6) is 0.881. The Morgan fingerprint density at radius 2 is 1.70 bits per heavy atom. The minimum Gasteiger partial charge on any atom is -0.369 e. The number of benzene rings is 1. The molecule has 3 fully saturated rings. The molecule has 0 saturated carbocycles. The number of piperidine rings is 1. The molecular formula is C26H36N6O. The summed E-state index contributed by atoms with van der Waals surface area (Å²) < 4.78 is 0. The normalized spacial score (nSPS) is 26.3. The number of likely N-dealkylation sites (N-methyl/N-ethyl adjacent to an activating group) is 1. The van der Waals surface area contributed by atoms with Gasteiger partial charge < -0.3 is 25.8 Å². The first-order valence-corrected chi connectivity index (χ1v) is 12.3. The van der Waals surface area contributed by atoms with Crippen LogP contribution in [0.3, 0.4) is 0 Å². The molecule has 0 spiro atoms. The number of nitrogens with zero attached hydrogens (tertiary/aromatic N) is 4. The van der Waals surface area contributed by atoms with Crippen molar-refractivity contribution in [3.05, 3.63) is 53.7 Å². The van der Waals surface area contributed by atoms with Crippen LogP contribution in [-0.2, 0) is 0 Å².